The SMILES string of the molecule is CO[C@@H]1C[C@H]2[C@@H]3CC[C@H]([C@H](C)C[C@@H]4[C@@H](C=O)C4(C)C)[C@@]3(C)CC[C@@H]2[C@@]2(C)CC[C@@H]3C[C@]312. The normalized spacial score (nSPS) is 59.2. The monoisotopic (exact) mass is 426 g/mol. The van der Waals surface area contributed by atoms with Crippen molar-refractivity contribution in [3.8, 4) is 0 Å². The third-order valence-corrected chi connectivity index (χ3v) is 13.5. The van der Waals surface area contributed by atoms with Gasteiger partial charge < -0.3 is 9.53 Å². The van der Waals surface area contributed by atoms with Gasteiger partial charge in [0.25, 0.3) is 0 Å². The minimum Gasteiger partial charge on any atom is -0.381 e. The number of aldehydes is 1. The summed E-state index contributed by atoms with van der Waals surface area (Å²) in [5, 5.41) is 0. The van der Waals surface area contributed by atoms with Crippen molar-refractivity contribution in [1.29, 1.82) is 0 Å². The van der Waals surface area contributed by atoms with Crippen LogP contribution in [0, 0.1) is 69.0 Å². The van der Waals surface area contributed by atoms with Crippen molar-refractivity contribution in [3.05, 3.63) is 0 Å². The van der Waals surface area contributed by atoms with Crippen LogP contribution in [-0.2, 0) is 9.53 Å². The molecular formula is C29H46O2. The second-order valence-electron chi connectivity index (χ2n) is 14.3. The molecule has 0 aromatic rings. The fourth-order valence-corrected chi connectivity index (χ4v) is 11.6. The standard InChI is InChI=1S/C29H46O2/c1-17(13-23-24(16-30)26(23,2)3)20-7-8-21-19-14-25(31-6)29-15-18(29)9-12-28(29,5)22(19)10-11-27(20,21)4/h16-25H,7-15H2,1-6H3/t17-,18-,19+,20-,21+,22+,23-,24-,25-,27-,28-,29+/m1/s1. The van der Waals surface area contributed by atoms with Crippen molar-refractivity contribution >= 4 is 6.29 Å². The van der Waals surface area contributed by atoms with E-state index in [1.165, 1.54) is 64.1 Å². The predicted molar refractivity (Wildman–Crippen MR) is 124 cm³/mol. The van der Waals surface area contributed by atoms with E-state index in [-0.39, 0.29) is 5.41 Å². The van der Waals surface area contributed by atoms with E-state index in [4.69, 9.17) is 4.74 Å². The van der Waals surface area contributed by atoms with Gasteiger partial charge in [-0.1, -0.05) is 34.6 Å². The molecule has 1 spiro atoms. The van der Waals surface area contributed by atoms with Gasteiger partial charge in [0.2, 0.25) is 0 Å². The molecule has 0 saturated heterocycles. The number of carbonyl (C=O) groups excluding carboxylic acids is 1. The molecule has 0 aromatic heterocycles. The minimum absolute atomic E-state index is 0.244. The molecule has 31 heavy (non-hydrogen) atoms. The number of rotatable bonds is 5. The third kappa shape index (κ3) is 2.42. The van der Waals surface area contributed by atoms with Crippen molar-refractivity contribution in [2.24, 2.45) is 69.0 Å². The Balaban J connectivity index is 1.24. The number of hydrogen-bond acceptors (Lipinski definition) is 2. The summed E-state index contributed by atoms with van der Waals surface area (Å²) in [5.41, 5.74) is 1.84. The maximum absolute atomic E-state index is 11.5. The van der Waals surface area contributed by atoms with Gasteiger partial charge in [-0.2, -0.15) is 0 Å². The highest BCUT2D eigenvalue weighted by molar-refractivity contribution is 5.61. The Morgan fingerprint density at radius 2 is 1.81 bits per heavy atom. The second kappa shape index (κ2) is 6.39. The summed E-state index contributed by atoms with van der Waals surface area (Å²) >= 11 is 0. The van der Waals surface area contributed by atoms with Gasteiger partial charge >= 0.3 is 0 Å². The zero-order valence-electron chi connectivity index (χ0n) is 21.0. The highest BCUT2D eigenvalue weighted by atomic mass is 16.5. The molecule has 0 amide bonds. The highest BCUT2D eigenvalue weighted by Crippen LogP contribution is 2.82. The van der Waals surface area contributed by atoms with Crippen LogP contribution in [0.15, 0.2) is 0 Å². The molecule has 6 rings (SSSR count). The summed E-state index contributed by atoms with van der Waals surface area (Å²) in [7, 11) is 2.01. The smallest absolute Gasteiger partial charge is 0.123 e. The first-order valence-electron chi connectivity index (χ1n) is 13.6. The number of ether oxygens (including phenoxy) is 1. The molecular weight excluding hydrogens is 380 g/mol. The zero-order valence-corrected chi connectivity index (χ0v) is 21.0. The lowest BCUT2D eigenvalue weighted by atomic mass is 9.45. The predicted octanol–water partition coefficient (Wildman–Crippen LogP) is 6.77. The van der Waals surface area contributed by atoms with Crippen LogP contribution in [0.4, 0.5) is 0 Å². The lowest BCUT2D eigenvalue weighted by Crippen LogP contribution is -2.57. The lowest BCUT2D eigenvalue weighted by Gasteiger charge is -2.61. The Bertz CT molecular complexity index is 773. The van der Waals surface area contributed by atoms with Crippen molar-refractivity contribution in [1.82, 2.24) is 0 Å². The number of hydrogen-bond donors (Lipinski definition) is 0. The Labute approximate surface area is 190 Å². The molecule has 6 aliphatic rings. The summed E-state index contributed by atoms with van der Waals surface area (Å²) in [6.45, 7) is 12.5. The Kier molecular flexibility index (Phi) is 4.37. The fraction of sp³-hybridized carbons (Fsp3) is 0.966. The van der Waals surface area contributed by atoms with E-state index in [1.54, 1.807) is 0 Å². The summed E-state index contributed by atoms with van der Waals surface area (Å²) in [6.07, 6.45) is 14.6. The molecule has 0 radical (unpaired) electrons. The van der Waals surface area contributed by atoms with Gasteiger partial charge in [-0.15, -0.1) is 0 Å². The van der Waals surface area contributed by atoms with Gasteiger partial charge in [0, 0.05) is 18.4 Å². The zero-order chi connectivity index (χ0) is 22.0. The van der Waals surface area contributed by atoms with E-state index in [9.17, 15) is 4.79 Å². The molecule has 0 N–H and O–H groups in total. The topological polar surface area (TPSA) is 26.3 Å². The Hall–Kier alpha value is -0.370. The van der Waals surface area contributed by atoms with Crippen molar-refractivity contribution in [2.45, 2.75) is 98.5 Å². The molecule has 0 aromatic carbocycles. The molecule has 6 fully saturated rings. The van der Waals surface area contributed by atoms with Crippen LogP contribution in [0.1, 0.15) is 92.4 Å². The van der Waals surface area contributed by atoms with E-state index in [0.717, 1.165) is 35.5 Å². The summed E-state index contributed by atoms with van der Waals surface area (Å²) in [5.74, 6) is 6.24. The molecule has 0 aliphatic heterocycles. The largest absolute Gasteiger partial charge is 0.381 e. The number of carbonyl (C=O) groups is 1. The molecule has 0 heterocycles. The van der Waals surface area contributed by atoms with E-state index >= 15 is 0 Å². The average Bonchev–Trinajstić information content (AvgIpc) is 3.46. The minimum atomic E-state index is 0.244. The van der Waals surface area contributed by atoms with Crippen molar-refractivity contribution < 1.29 is 9.53 Å². The van der Waals surface area contributed by atoms with Gasteiger partial charge in [0.1, 0.15) is 6.29 Å². The van der Waals surface area contributed by atoms with E-state index in [2.05, 4.69) is 34.6 Å². The van der Waals surface area contributed by atoms with Gasteiger partial charge in [0.05, 0.1) is 6.10 Å². The van der Waals surface area contributed by atoms with Gasteiger partial charge in [-0.3, -0.25) is 0 Å². The van der Waals surface area contributed by atoms with Crippen LogP contribution in [0.5, 0.6) is 0 Å². The first-order valence-corrected chi connectivity index (χ1v) is 13.6. The van der Waals surface area contributed by atoms with Crippen LogP contribution in [0.3, 0.4) is 0 Å². The fourth-order valence-electron chi connectivity index (χ4n) is 11.6. The number of fused-ring (bicyclic) bond motifs is 4. The Morgan fingerprint density at radius 1 is 1.03 bits per heavy atom. The number of methoxy groups -OCH3 is 1. The first kappa shape index (κ1) is 21.2. The molecule has 174 valence electrons. The van der Waals surface area contributed by atoms with Crippen LogP contribution < -0.4 is 0 Å². The molecule has 0 bridgehead atoms. The average molecular weight is 427 g/mol. The van der Waals surface area contributed by atoms with Crippen LogP contribution in [0.25, 0.3) is 0 Å². The second-order valence-corrected chi connectivity index (χ2v) is 14.3. The maximum Gasteiger partial charge on any atom is 0.123 e. The molecule has 0 unspecified atom stereocenters. The first-order chi connectivity index (χ1) is 14.6. The summed E-state index contributed by atoms with van der Waals surface area (Å²) in [6, 6.07) is 0. The van der Waals surface area contributed by atoms with E-state index in [0.29, 0.717) is 34.2 Å². The van der Waals surface area contributed by atoms with E-state index < -0.39 is 0 Å². The molecule has 6 saturated carbocycles. The van der Waals surface area contributed by atoms with E-state index in [1.807, 2.05) is 7.11 Å². The van der Waals surface area contributed by atoms with Crippen LogP contribution in [-0.4, -0.2) is 19.5 Å². The highest BCUT2D eigenvalue weighted by Gasteiger charge is 2.77. The van der Waals surface area contributed by atoms with Crippen molar-refractivity contribution in [3.63, 3.8) is 0 Å². The van der Waals surface area contributed by atoms with Gasteiger partial charge in [-0.05, 0) is 115 Å². The molecule has 12 atom stereocenters. The Morgan fingerprint density at radius 3 is 2.45 bits per heavy atom. The maximum atomic E-state index is 11.5. The quantitative estimate of drug-likeness (QED) is 0.454. The third-order valence-electron chi connectivity index (χ3n) is 13.5. The lowest BCUT2D eigenvalue weighted by molar-refractivity contribution is -0.161. The molecule has 6 aliphatic carbocycles. The molecule has 2 nitrogen and oxygen atoms in total. The summed E-state index contributed by atoms with van der Waals surface area (Å²) < 4.78 is 6.29. The van der Waals surface area contributed by atoms with Crippen molar-refractivity contribution in [2.75, 3.05) is 7.11 Å². The molecule has 2 heteroatoms. The van der Waals surface area contributed by atoms with Crippen LogP contribution >= 0.6 is 0 Å². The summed E-state index contributed by atoms with van der Waals surface area (Å²) in [4.78, 5) is 11.5. The van der Waals surface area contributed by atoms with Crippen LogP contribution in [0.2, 0.25) is 0 Å². The van der Waals surface area contributed by atoms with Gasteiger partial charge in [-0.25, -0.2) is 0 Å². The van der Waals surface area contributed by atoms with Gasteiger partial charge in [0.15, 0.2) is 0 Å².